The van der Waals surface area contributed by atoms with E-state index in [0.717, 1.165) is 48.2 Å². The molecule has 27 heteroatoms. The van der Waals surface area contributed by atoms with Gasteiger partial charge in [0.2, 0.25) is 17.7 Å². The van der Waals surface area contributed by atoms with Crippen LogP contribution in [-0.4, -0.2) is 155 Å². The van der Waals surface area contributed by atoms with Crippen molar-refractivity contribution in [1.82, 2.24) is 29.9 Å². The van der Waals surface area contributed by atoms with E-state index in [4.69, 9.17) is 33.2 Å². The molecule has 4 aliphatic heterocycles. The molecule has 6 aliphatic rings. The molecule has 8 atom stereocenters. The quantitative estimate of drug-likeness (QED) is 0.0361. The molecule has 4 heterocycles. The highest BCUT2D eigenvalue weighted by Gasteiger charge is 2.52. The van der Waals surface area contributed by atoms with Crippen LogP contribution >= 0.6 is 0 Å². The molecule has 1 fully saturated rings. The Hall–Kier alpha value is -8.53. The van der Waals surface area contributed by atoms with Gasteiger partial charge in [0, 0.05) is 54.8 Å². The molecule has 9 rings (SSSR count). The molecule has 3 aromatic rings. The van der Waals surface area contributed by atoms with Gasteiger partial charge in [-0.3, -0.25) is 29.0 Å². The number of methoxy groups -OCH3 is 2. The van der Waals surface area contributed by atoms with Gasteiger partial charge in [0.25, 0.3) is 11.8 Å². The molecule has 0 spiro atoms. The predicted octanol–water partition coefficient (Wildman–Crippen LogP) is 6.67. The Morgan fingerprint density at radius 1 is 0.756 bits per heavy atom. The Morgan fingerprint density at radius 3 is 2.06 bits per heavy atom. The lowest BCUT2D eigenvalue weighted by molar-refractivity contribution is -0.133. The molecule has 6 N–H and O–H groups in total. The third-order valence-electron chi connectivity index (χ3n) is 16.3. The summed E-state index contributed by atoms with van der Waals surface area (Å²) in [5, 5.41) is 19.9. The average Bonchev–Trinajstić information content (AvgIpc) is 1.61. The number of rotatable bonds is 26. The highest BCUT2D eigenvalue weighted by Crippen LogP contribution is 2.49. The van der Waals surface area contributed by atoms with Crippen LogP contribution in [0.15, 0.2) is 89.2 Å². The first-order chi connectivity index (χ1) is 43.1. The van der Waals surface area contributed by atoms with Crippen LogP contribution in [0, 0.1) is 17.8 Å². The second kappa shape index (κ2) is 29.4. The number of fused-ring (bicyclic) bond motifs is 5. The number of carbonyl (C=O) groups excluding carboxylic acids is 7. The Kier molecular flexibility index (Phi) is 21.5. The number of ether oxygens (including phenoxy) is 7. The van der Waals surface area contributed by atoms with Crippen LogP contribution in [0.3, 0.4) is 0 Å². The Balaban J connectivity index is 0.724. The minimum atomic E-state index is -4.27. The smallest absolute Gasteiger partial charge is 0.422 e. The van der Waals surface area contributed by atoms with Gasteiger partial charge in [-0.05, 0) is 114 Å². The second-order valence-corrected chi connectivity index (χ2v) is 24.9. The van der Waals surface area contributed by atoms with Gasteiger partial charge in [-0.1, -0.05) is 49.3 Å². The van der Waals surface area contributed by atoms with Crippen LogP contribution in [0.1, 0.15) is 119 Å². The molecule has 1 saturated carbocycles. The van der Waals surface area contributed by atoms with Crippen LogP contribution in [0.4, 0.5) is 26.7 Å². The number of carbonyl (C=O) groups is 7. The van der Waals surface area contributed by atoms with E-state index in [0.29, 0.717) is 59.9 Å². The molecule has 0 bridgehead atoms. The van der Waals surface area contributed by atoms with Crippen LogP contribution in [-0.2, 0) is 45.4 Å². The molecule has 26 nitrogen and oxygen atoms in total. The van der Waals surface area contributed by atoms with Gasteiger partial charge in [0.05, 0.1) is 68.6 Å². The number of aliphatic imine (C=N–C) groups is 1. The number of hydrogen-bond donors (Lipinski definition) is 6. The maximum absolute atomic E-state index is 14.2. The molecular weight excluding hydrogens is 1190 g/mol. The lowest BCUT2D eigenvalue weighted by Gasteiger charge is -2.31. The van der Waals surface area contributed by atoms with E-state index in [1.807, 2.05) is 24.8 Å². The lowest BCUT2D eigenvalue weighted by atomic mass is 10.0. The number of allylic oxidation sites excluding steroid dienone is 2. The van der Waals surface area contributed by atoms with Crippen LogP contribution in [0.5, 0.6) is 23.0 Å². The molecule has 90 heavy (non-hydrogen) atoms. The van der Waals surface area contributed by atoms with Crippen LogP contribution < -0.4 is 49.2 Å². The minimum absolute atomic E-state index is 0.0473. The predicted molar refractivity (Wildman–Crippen MR) is 329 cm³/mol. The van der Waals surface area contributed by atoms with Crippen molar-refractivity contribution in [2.45, 2.75) is 136 Å². The summed E-state index contributed by atoms with van der Waals surface area (Å²) in [6.45, 7) is 7.92. The number of amides is 7. The van der Waals surface area contributed by atoms with Crippen molar-refractivity contribution in [1.29, 1.82) is 0 Å². The van der Waals surface area contributed by atoms with E-state index < -0.39 is 82.9 Å². The van der Waals surface area contributed by atoms with Crippen molar-refractivity contribution >= 4 is 75.2 Å². The van der Waals surface area contributed by atoms with Gasteiger partial charge in [-0.25, -0.2) is 19.2 Å². The summed E-state index contributed by atoms with van der Waals surface area (Å²) in [4.78, 5) is 102. The van der Waals surface area contributed by atoms with Gasteiger partial charge in [-0.2, -0.15) is 13.1 Å². The molecule has 1 unspecified atom stereocenters. The van der Waals surface area contributed by atoms with E-state index in [-0.39, 0.29) is 85.4 Å². The number of aliphatic hydroxyl groups excluding tert-OH is 1. The van der Waals surface area contributed by atoms with Gasteiger partial charge in [0.15, 0.2) is 29.2 Å². The van der Waals surface area contributed by atoms with Gasteiger partial charge < -0.3 is 64.0 Å². The summed E-state index contributed by atoms with van der Waals surface area (Å²) in [5.74, 6) is -1.17. The summed E-state index contributed by atoms with van der Waals surface area (Å²) < 4.78 is 69.0. The highest BCUT2D eigenvalue weighted by atomic mass is 32.2. The number of hydrogen-bond acceptors (Lipinski definition) is 18. The standard InChI is InChI=1S/C63H79N9O17S/c1-36(2)55(68-54(73)35-85-24-21-65-90(81,82)69-62(79)89-56-43-15-11-8-9-12-16-44(43)56)58(75)66-39(5)57(74)67-41-19-17-40(18-20-41)34-88-63(80)72-48-30-53(51(84-7)28-46(48)60(77)71-33-38(4)26-49(71)61(72)78)87-23-14-10-13-22-86-52-29-47-45(27-50(52)83-6)59(76)70-32-37(3)25-42(70)31-64-47/h8-9,17-20,27-33,36,39,42-44,49,55-56,61,65,78H,10-16,21-26,34-35H2,1-7H3,(H,66,75)(H,67,74)(H,68,73)(H,69,79)/b9-8-/t39-,42-,43-,44+,49-,55-,56?,61-/m0/s1. The zero-order valence-corrected chi connectivity index (χ0v) is 52.3. The zero-order chi connectivity index (χ0) is 64.4. The topological polar surface area (TPSA) is 321 Å². The maximum Gasteiger partial charge on any atom is 0.422 e. The molecule has 484 valence electrons. The number of anilines is 2. The largest absolute Gasteiger partial charge is 0.493 e. The van der Waals surface area contributed by atoms with E-state index in [2.05, 4.69) is 37.8 Å². The fourth-order valence-electron chi connectivity index (χ4n) is 11.6. The first kappa shape index (κ1) is 65.9. The second-order valence-electron chi connectivity index (χ2n) is 23.4. The van der Waals surface area contributed by atoms with Gasteiger partial charge in [-0.15, -0.1) is 0 Å². The molecule has 2 aliphatic carbocycles. The fraction of sp³-hybridized carbons (Fsp3) is 0.492. The van der Waals surface area contributed by atoms with Gasteiger partial charge >= 0.3 is 22.4 Å². The van der Waals surface area contributed by atoms with E-state index in [1.165, 1.54) is 38.2 Å². The Bertz CT molecular complexity index is 3430. The van der Waals surface area contributed by atoms with E-state index in [9.17, 15) is 47.1 Å². The number of benzene rings is 3. The zero-order valence-electron chi connectivity index (χ0n) is 51.5. The van der Waals surface area contributed by atoms with Crippen molar-refractivity contribution in [3.63, 3.8) is 0 Å². The van der Waals surface area contributed by atoms with E-state index in [1.54, 1.807) is 67.6 Å². The number of aliphatic hydroxyl groups is 1. The van der Waals surface area contributed by atoms with Crippen molar-refractivity contribution in [3.05, 3.63) is 101 Å². The van der Waals surface area contributed by atoms with Crippen LogP contribution in [0.25, 0.3) is 0 Å². The third kappa shape index (κ3) is 16.1. The summed E-state index contributed by atoms with van der Waals surface area (Å²) in [7, 11) is -1.32. The number of nitrogens with zero attached hydrogens (tertiary/aromatic N) is 4. The first-order valence-corrected chi connectivity index (χ1v) is 31.7. The summed E-state index contributed by atoms with van der Waals surface area (Å²) in [5.41, 5.74) is 3.82. The maximum atomic E-state index is 14.2. The van der Waals surface area contributed by atoms with Crippen molar-refractivity contribution in [3.8, 4) is 23.0 Å². The monoisotopic (exact) mass is 1270 g/mol. The number of unbranched alkanes of at least 4 members (excludes halogenated alkanes) is 2. The molecule has 3 aromatic carbocycles. The molecule has 0 radical (unpaired) electrons. The number of nitrogens with one attached hydrogen (secondary N) is 5. The van der Waals surface area contributed by atoms with Crippen LogP contribution in [0.2, 0.25) is 0 Å². The van der Waals surface area contributed by atoms with Gasteiger partial charge in [0.1, 0.15) is 31.4 Å². The Morgan fingerprint density at radius 2 is 1.39 bits per heavy atom. The fourth-order valence-corrected chi connectivity index (χ4v) is 12.2. The highest BCUT2D eigenvalue weighted by molar-refractivity contribution is 7.88. The third-order valence-corrected chi connectivity index (χ3v) is 17.4. The average molecular weight is 1270 g/mol. The molecule has 7 amide bonds. The molecular formula is C63H79N9O17S. The minimum Gasteiger partial charge on any atom is -0.493 e. The van der Waals surface area contributed by atoms with E-state index >= 15 is 0 Å². The van der Waals surface area contributed by atoms with Crippen molar-refractivity contribution in [2.75, 3.05) is 57.4 Å². The SMILES string of the molecule is COc1cc2c(cc1OCCCCCOc1cc3c(cc1OC)C(=O)N1C=C(C)C[C@H]1[C@H](O)N3C(=O)OCc1ccc(NC(=O)[C@H](C)NC(=O)[C@@H](NC(=O)COCCNS(=O)(=O)NC(=O)OC3[C@H]4CC/C=C\CC[C@@H]34)C(C)C)cc1)N=C[C@@H]1CC(C)=CN1C2=O. The first-order valence-electron chi connectivity index (χ1n) is 30.2. The summed E-state index contributed by atoms with van der Waals surface area (Å²) >= 11 is 0. The summed E-state index contributed by atoms with van der Waals surface area (Å²) in [6, 6.07) is 9.59. The molecule has 0 aromatic heterocycles. The summed E-state index contributed by atoms with van der Waals surface area (Å²) in [6.07, 6.45) is 12.0. The van der Waals surface area contributed by atoms with Crippen molar-refractivity contribution < 1.29 is 80.2 Å². The molecule has 0 saturated heterocycles. The Labute approximate surface area is 522 Å². The van der Waals surface area contributed by atoms with Crippen molar-refractivity contribution in [2.24, 2.45) is 22.7 Å². The lowest BCUT2D eigenvalue weighted by Crippen LogP contribution is -2.54. The normalized spacial score (nSPS) is 21.6.